The van der Waals surface area contributed by atoms with Gasteiger partial charge in [-0.05, 0) is 0 Å². The van der Waals surface area contributed by atoms with E-state index in [0.717, 1.165) is 25.5 Å². The standard InChI is InChI=1S/C12H13N3.ClH/c1-2-4-10(5-3-1)12-14-9-11-8-13-6-7-15(11)12;/h1-5,9,13H,6-8H2;1H. The summed E-state index contributed by atoms with van der Waals surface area (Å²) in [5.74, 6) is 1.09. The van der Waals surface area contributed by atoms with E-state index in [2.05, 4.69) is 39.1 Å². The van der Waals surface area contributed by atoms with Gasteiger partial charge in [-0.2, -0.15) is 0 Å². The van der Waals surface area contributed by atoms with E-state index in [4.69, 9.17) is 0 Å². The molecule has 1 aromatic heterocycles. The first-order chi connectivity index (χ1) is 7.45. The number of nitrogens with one attached hydrogen (secondary N) is 1. The van der Waals surface area contributed by atoms with E-state index in [0.29, 0.717) is 0 Å². The summed E-state index contributed by atoms with van der Waals surface area (Å²) in [6.45, 7) is 2.97. The Morgan fingerprint density at radius 2 is 2.00 bits per heavy atom. The molecule has 0 bridgehead atoms. The van der Waals surface area contributed by atoms with Crippen LogP contribution < -0.4 is 5.32 Å². The zero-order chi connectivity index (χ0) is 10.1. The number of rotatable bonds is 1. The second-order valence-electron chi connectivity index (χ2n) is 3.77. The molecule has 16 heavy (non-hydrogen) atoms. The van der Waals surface area contributed by atoms with E-state index < -0.39 is 0 Å². The molecule has 0 saturated carbocycles. The highest BCUT2D eigenvalue weighted by molar-refractivity contribution is 5.85. The van der Waals surface area contributed by atoms with Gasteiger partial charge in [0.05, 0.1) is 11.9 Å². The summed E-state index contributed by atoms with van der Waals surface area (Å²) in [5, 5.41) is 3.34. The second kappa shape index (κ2) is 4.68. The molecule has 0 radical (unpaired) electrons. The molecule has 1 aliphatic heterocycles. The highest BCUT2D eigenvalue weighted by atomic mass is 35.5. The van der Waals surface area contributed by atoms with E-state index in [1.165, 1.54) is 11.3 Å². The largest absolute Gasteiger partial charge is 0.326 e. The van der Waals surface area contributed by atoms with Gasteiger partial charge in [0.15, 0.2) is 0 Å². The van der Waals surface area contributed by atoms with Crippen molar-refractivity contribution in [2.75, 3.05) is 6.54 Å². The van der Waals surface area contributed by atoms with Crippen molar-refractivity contribution >= 4 is 12.4 Å². The van der Waals surface area contributed by atoms with Gasteiger partial charge >= 0.3 is 0 Å². The van der Waals surface area contributed by atoms with E-state index in [-0.39, 0.29) is 12.4 Å². The number of fused-ring (bicyclic) bond motifs is 1. The second-order valence-corrected chi connectivity index (χ2v) is 3.77. The topological polar surface area (TPSA) is 29.9 Å². The lowest BCUT2D eigenvalue weighted by Gasteiger charge is -2.17. The van der Waals surface area contributed by atoms with Gasteiger partial charge in [0.25, 0.3) is 0 Å². The predicted molar refractivity (Wildman–Crippen MR) is 66.6 cm³/mol. The zero-order valence-electron chi connectivity index (χ0n) is 8.89. The normalized spacial score (nSPS) is 14.0. The molecular weight excluding hydrogens is 222 g/mol. The zero-order valence-corrected chi connectivity index (χ0v) is 9.70. The smallest absolute Gasteiger partial charge is 0.140 e. The van der Waals surface area contributed by atoms with Gasteiger partial charge in [-0.25, -0.2) is 4.98 Å². The molecule has 1 N–H and O–H groups in total. The third-order valence-corrected chi connectivity index (χ3v) is 2.79. The lowest BCUT2D eigenvalue weighted by Crippen LogP contribution is -2.27. The maximum Gasteiger partial charge on any atom is 0.140 e. The van der Waals surface area contributed by atoms with E-state index in [1.54, 1.807) is 0 Å². The summed E-state index contributed by atoms with van der Waals surface area (Å²) in [6.07, 6.45) is 1.97. The summed E-state index contributed by atoms with van der Waals surface area (Å²) < 4.78 is 2.30. The highest BCUT2D eigenvalue weighted by Gasteiger charge is 2.13. The van der Waals surface area contributed by atoms with Crippen LogP contribution in [-0.4, -0.2) is 16.1 Å². The van der Waals surface area contributed by atoms with Crippen molar-refractivity contribution < 1.29 is 0 Å². The Morgan fingerprint density at radius 1 is 1.19 bits per heavy atom. The summed E-state index contributed by atoms with van der Waals surface area (Å²) >= 11 is 0. The van der Waals surface area contributed by atoms with Gasteiger partial charge in [0.1, 0.15) is 5.82 Å². The lowest BCUT2D eigenvalue weighted by atomic mass is 10.2. The van der Waals surface area contributed by atoms with Gasteiger partial charge in [-0.3, -0.25) is 0 Å². The van der Waals surface area contributed by atoms with Crippen molar-refractivity contribution in [3.05, 3.63) is 42.2 Å². The Bertz CT molecular complexity index is 464. The van der Waals surface area contributed by atoms with E-state index in [1.807, 2.05) is 12.3 Å². The van der Waals surface area contributed by atoms with Gasteiger partial charge in [0.2, 0.25) is 0 Å². The molecule has 4 heteroatoms. The van der Waals surface area contributed by atoms with Crippen LogP contribution in [0.1, 0.15) is 5.69 Å². The fourth-order valence-corrected chi connectivity index (χ4v) is 2.03. The Kier molecular flexibility index (Phi) is 3.27. The minimum Gasteiger partial charge on any atom is -0.326 e. The molecule has 2 heterocycles. The van der Waals surface area contributed by atoms with Gasteiger partial charge < -0.3 is 9.88 Å². The number of hydrogen-bond acceptors (Lipinski definition) is 2. The SMILES string of the molecule is Cl.c1ccc(-c2ncc3n2CCNC3)cc1. The third kappa shape index (κ3) is 1.84. The van der Waals surface area contributed by atoms with Crippen LogP contribution in [0, 0.1) is 0 Å². The Balaban J connectivity index is 0.000000963. The van der Waals surface area contributed by atoms with E-state index in [9.17, 15) is 0 Å². The minimum atomic E-state index is 0. The molecule has 0 atom stereocenters. The van der Waals surface area contributed by atoms with Gasteiger partial charge in [-0.1, -0.05) is 30.3 Å². The monoisotopic (exact) mass is 235 g/mol. The Labute approximate surface area is 101 Å². The average Bonchev–Trinajstić information content (AvgIpc) is 2.74. The van der Waals surface area contributed by atoms with E-state index >= 15 is 0 Å². The van der Waals surface area contributed by atoms with Crippen LogP contribution >= 0.6 is 12.4 Å². The molecule has 1 aromatic carbocycles. The maximum absolute atomic E-state index is 4.49. The van der Waals surface area contributed by atoms with Crippen molar-refractivity contribution in [3.8, 4) is 11.4 Å². The molecule has 0 amide bonds. The Morgan fingerprint density at radius 3 is 2.81 bits per heavy atom. The number of nitrogens with zero attached hydrogens (tertiary/aromatic N) is 2. The number of halogens is 1. The fraction of sp³-hybridized carbons (Fsp3) is 0.250. The van der Waals surface area contributed by atoms with Gasteiger partial charge in [0, 0.05) is 25.2 Å². The fourth-order valence-electron chi connectivity index (χ4n) is 2.03. The molecular formula is C12H14ClN3. The average molecular weight is 236 g/mol. The van der Waals surface area contributed by atoms with Crippen LogP contribution in [0.5, 0.6) is 0 Å². The first-order valence-electron chi connectivity index (χ1n) is 5.26. The summed E-state index contributed by atoms with van der Waals surface area (Å²) in [4.78, 5) is 4.49. The molecule has 0 spiro atoms. The first kappa shape index (κ1) is 11.2. The summed E-state index contributed by atoms with van der Waals surface area (Å²) in [7, 11) is 0. The summed E-state index contributed by atoms with van der Waals surface area (Å²) in [6, 6.07) is 10.4. The lowest BCUT2D eigenvalue weighted by molar-refractivity contribution is 0.519. The maximum atomic E-state index is 4.49. The summed E-state index contributed by atoms with van der Waals surface area (Å²) in [5.41, 5.74) is 2.48. The van der Waals surface area contributed by atoms with Crippen molar-refractivity contribution in [1.82, 2.24) is 14.9 Å². The molecule has 0 aliphatic carbocycles. The van der Waals surface area contributed by atoms with Gasteiger partial charge in [-0.15, -0.1) is 12.4 Å². The quantitative estimate of drug-likeness (QED) is 0.820. The molecule has 0 saturated heterocycles. The highest BCUT2D eigenvalue weighted by Crippen LogP contribution is 2.20. The van der Waals surface area contributed by atoms with Crippen LogP contribution in [0.3, 0.4) is 0 Å². The van der Waals surface area contributed by atoms with Crippen LogP contribution in [0.15, 0.2) is 36.5 Å². The number of benzene rings is 1. The Hall–Kier alpha value is -1.32. The van der Waals surface area contributed by atoms with Crippen LogP contribution in [0.4, 0.5) is 0 Å². The van der Waals surface area contributed by atoms with Crippen molar-refractivity contribution in [3.63, 3.8) is 0 Å². The number of hydrogen-bond donors (Lipinski definition) is 1. The van der Waals surface area contributed by atoms with Crippen LogP contribution in [-0.2, 0) is 13.1 Å². The molecule has 2 aromatic rings. The van der Waals surface area contributed by atoms with Crippen molar-refractivity contribution in [1.29, 1.82) is 0 Å². The molecule has 0 fully saturated rings. The molecule has 0 unspecified atom stereocenters. The van der Waals surface area contributed by atoms with Crippen LogP contribution in [0.2, 0.25) is 0 Å². The van der Waals surface area contributed by atoms with Crippen LogP contribution in [0.25, 0.3) is 11.4 Å². The minimum absolute atomic E-state index is 0. The number of aromatic nitrogens is 2. The van der Waals surface area contributed by atoms with Crippen molar-refractivity contribution in [2.45, 2.75) is 13.1 Å². The third-order valence-electron chi connectivity index (χ3n) is 2.79. The number of imidazole rings is 1. The predicted octanol–water partition coefficient (Wildman–Crippen LogP) is 2.08. The molecule has 3 nitrogen and oxygen atoms in total. The molecule has 84 valence electrons. The molecule has 3 rings (SSSR count). The first-order valence-corrected chi connectivity index (χ1v) is 5.26. The molecule has 1 aliphatic rings. The van der Waals surface area contributed by atoms with Crippen molar-refractivity contribution in [2.24, 2.45) is 0 Å².